The van der Waals surface area contributed by atoms with E-state index in [2.05, 4.69) is 10.6 Å². The van der Waals surface area contributed by atoms with E-state index in [-0.39, 0.29) is 11.4 Å². The molecule has 2 heterocycles. The van der Waals surface area contributed by atoms with Crippen molar-refractivity contribution >= 4 is 23.5 Å². The standard InChI is InChI=1S/C20H22N2O5S/c1-25-13-9-7-12(8-10-13)21-20(24)22-16-15-11-26-19(27-15)18(17(16)23)28-14-5-3-2-4-6-14/h2-10,15-19,23H,11H2,1H3,(H2,21,22,24). The molecule has 8 heteroatoms. The van der Waals surface area contributed by atoms with Gasteiger partial charge in [0.15, 0.2) is 6.29 Å². The van der Waals surface area contributed by atoms with Crippen LogP contribution in [0, 0.1) is 0 Å². The number of thioether (sulfide) groups is 1. The molecule has 2 aromatic rings. The molecule has 2 aliphatic rings. The number of ether oxygens (including phenoxy) is 3. The highest BCUT2D eigenvalue weighted by atomic mass is 32.2. The number of fused-ring (bicyclic) bond motifs is 2. The second kappa shape index (κ2) is 8.40. The lowest BCUT2D eigenvalue weighted by atomic mass is 10.00. The minimum Gasteiger partial charge on any atom is -0.497 e. The Hall–Kier alpha value is -2.26. The second-order valence-electron chi connectivity index (χ2n) is 6.62. The van der Waals surface area contributed by atoms with Crippen molar-refractivity contribution in [3.8, 4) is 5.75 Å². The van der Waals surface area contributed by atoms with Gasteiger partial charge in [0.2, 0.25) is 0 Å². The summed E-state index contributed by atoms with van der Waals surface area (Å²) in [7, 11) is 1.58. The van der Waals surface area contributed by atoms with Gasteiger partial charge in [-0.3, -0.25) is 0 Å². The van der Waals surface area contributed by atoms with Gasteiger partial charge in [-0.1, -0.05) is 18.2 Å². The van der Waals surface area contributed by atoms with E-state index in [1.165, 1.54) is 11.8 Å². The number of aliphatic hydroxyl groups is 1. The lowest BCUT2D eigenvalue weighted by Crippen LogP contribution is -2.60. The molecule has 2 aliphatic heterocycles. The average Bonchev–Trinajstić information content (AvgIpc) is 3.16. The zero-order valence-electron chi connectivity index (χ0n) is 15.3. The molecule has 0 saturated carbocycles. The first kappa shape index (κ1) is 19.1. The van der Waals surface area contributed by atoms with Crippen LogP contribution >= 0.6 is 11.8 Å². The molecule has 2 aromatic carbocycles. The van der Waals surface area contributed by atoms with Crippen LogP contribution in [-0.4, -0.2) is 54.6 Å². The van der Waals surface area contributed by atoms with Gasteiger partial charge in [0.1, 0.15) is 11.9 Å². The fraction of sp³-hybridized carbons (Fsp3) is 0.350. The molecule has 0 aromatic heterocycles. The Labute approximate surface area is 167 Å². The normalized spacial score (nSPS) is 28.6. The molecule has 2 bridgehead atoms. The first-order valence-electron chi connectivity index (χ1n) is 9.02. The third-order valence-corrected chi connectivity index (χ3v) is 6.09. The van der Waals surface area contributed by atoms with Crippen molar-refractivity contribution < 1.29 is 24.1 Å². The highest BCUT2D eigenvalue weighted by Gasteiger charge is 2.51. The van der Waals surface area contributed by atoms with Gasteiger partial charge in [0, 0.05) is 10.6 Å². The molecule has 7 nitrogen and oxygen atoms in total. The number of carbonyl (C=O) groups is 1. The zero-order chi connectivity index (χ0) is 19.5. The maximum Gasteiger partial charge on any atom is 0.319 e. The van der Waals surface area contributed by atoms with E-state index in [1.807, 2.05) is 30.3 Å². The molecule has 0 spiro atoms. The highest BCUT2D eigenvalue weighted by Crippen LogP contribution is 2.38. The molecular formula is C20H22N2O5S. The largest absolute Gasteiger partial charge is 0.497 e. The van der Waals surface area contributed by atoms with Crippen LogP contribution in [0.1, 0.15) is 0 Å². The number of nitrogens with one attached hydrogen (secondary N) is 2. The van der Waals surface area contributed by atoms with E-state index in [9.17, 15) is 9.90 Å². The quantitative estimate of drug-likeness (QED) is 0.712. The summed E-state index contributed by atoms with van der Waals surface area (Å²) in [6.45, 7) is 0.334. The lowest BCUT2D eigenvalue weighted by Gasteiger charge is -2.38. The maximum absolute atomic E-state index is 12.5. The summed E-state index contributed by atoms with van der Waals surface area (Å²) in [4.78, 5) is 13.5. The first-order valence-corrected chi connectivity index (χ1v) is 9.90. The number of rotatable bonds is 5. The van der Waals surface area contributed by atoms with Gasteiger partial charge in [-0.05, 0) is 36.4 Å². The van der Waals surface area contributed by atoms with Gasteiger partial charge in [-0.25, -0.2) is 4.79 Å². The molecule has 5 unspecified atom stereocenters. The Kier molecular flexibility index (Phi) is 5.72. The Morgan fingerprint density at radius 2 is 1.93 bits per heavy atom. The van der Waals surface area contributed by atoms with E-state index >= 15 is 0 Å². The summed E-state index contributed by atoms with van der Waals surface area (Å²) >= 11 is 1.49. The summed E-state index contributed by atoms with van der Waals surface area (Å²) in [6, 6.07) is 15.8. The fourth-order valence-corrected chi connectivity index (χ4v) is 4.53. The predicted molar refractivity (Wildman–Crippen MR) is 106 cm³/mol. The van der Waals surface area contributed by atoms with Crippen LogP contribution in [0.15, 0.2) is 59.5 Å². The molecule has 2 saturated heterocycles. The predicted octanol–water partition coefficient (Wildman–Crippen LogP) is 2.46. The number of hydrogen-bond donors (Lipinski definition) is 3. The van der Waals surface area contributed by atoms with E-state index in [0.29, 0.717) is 18.0 Å². The van der Waals surface area contributed by atoms with Gasteiger partial charge < -0.3 is 30.0 Å². The fourth-order valence-electron chi connectivity index (χ4n) is 3.34. The van der Waals surface area contributed by atoms with Gasteiger partial charge in [0.05, 0.1) is 31.1 Å². The van der Waals surface area contributed by atoms with Crippen molar-refractivity contribution in [3.63, 3.8) is 0 Å². The Bertz CT molecular complexity index is 804. The SMILES string of the molecule is COc1ccc(NC(=O)NC2C3COC(O3)C(Sc3ccccc3)C2O)cc1. The minimum absolute atomic E-state index is 0.334. The highest BCUT2D eigenvalue weighted by molar-refractivity contribution is 8.00. The van der Waals surface area contributed by atoms with Crippen LogP contribution in [0.3, 0.4) is 0 Å². The summed E-state index contributed by atoms with van der Waals surface area (Å²) in [5, 5.41) is 16.2. The number of aliphatic hydroxyl groups excluding tert-OH is 1. The number of amides is 2. The number of hydrogen-bond acceptors (Lipinski definition) is 6. The van der Waals surface area contributed by atoms with Crippen molar-refractivity contribution in [2.45, 2.75) is 34.7 Å². The van der Waals surface area contributed by atoms with Crippen molar-refractivity contribution in [2.75, 3.05) is 19.0 Å². The molecule has 5 atom stereocenters. The van der Waals surface area contributed by atoms with E-state index in [1.54, 1.807) is 31.4 Å². The third-order valence-electron chi connectivity index (χ3n) is 4.77. The molecule has 148 valence electrons. The number of methoxy groups -OCH3 is 1. The third kappa shape index (κ3) is 4.10. The molecule has 3 N–H and O–H groups in total. The zero-order valence-corrected chi connectivity index (χ0v) is 16.1. The molecule has 2 amide bonds. The molecule has 28 heavy (non-hydrogen) atoms. The van der Waals surface area contributed by atoms with Crippen LogP contribution in [0.4, 0.5) is 10.5 Å². The molecule has 4 rings (SSSR count). The van der Waals surface area contributed by atoms with E-state index in [0.717, 1.165) is 4.90 Å². The van der Waals surface area contributed by atoms with Crippen molar-refractivity contribution in [1.29, 1.82) is 0 Å². The van der Waals surface area contributed by atoms with Crippen LogP contribution in [-0.2, 0) is 9.47 Å². The lowest BCUT2D eigenvalue weighted by molar-refractivity contribution is -0.121. The topological polar surface area (TPSA) is 89.1 Å². The maximum atomic E-state index is 12.5. The molecule has 0 aliphatic carbocycles. The Morgan fingerprint density at radius 3 is 2.64 bits per heavy atom. The summed E-state index contributed by atoms with van der Waals surface area (Å²) < 4.78 is 16.7. The first-order chi connectivity index (χ1) is 13.6. The monoisotopic (exact) mass is 402 g/mol. The molecule has 0 radical (unpaired) electrons. The van der Waals surface area contributed by atoms with Gasteiger partial charge in [0.25, 0.3) is 0 Å². The molecule has 2 fully saturated rings. The van der Waals surface area contributed by atoms with Crippen LogP contribution in [0.5, 0.6) is 5.75 Å². The van der Waals surface area contributed by atoms with E-state index < -0.39 is 24.5 Å². The number of benzene rings is 2. The average molecular weight is 402 g/mol. The van der Waals surface area contributed by atoms with Crippen molar-refractivity contribution in [2.24, 2.45) is 0 Å². The van der Waals surface area contributed by atoms with Crippen molar-refractivity contribution in [1.82, 2.24) is 5.32 Å². The second-order valence-corrected chi connectivity index (χ2v) is 7.87. The van der Waals surface area contributed by atoms with Crippen LogP contribution in [0.25, 0.3) is 0 Å². The summed E-state index contributed by atoms with van der Waals surface area (Å²) in [5.41, 5.74) is 0.625. The Morgan fingerprint density at radius 1 is 1.18 bits per heavy atom. The number of urea groups is 1. The summed E-state index contributed by atoms with van der Waals surface area (Å²) in [5.74, 6) is 0.706. The smallest absolute Gasteiger partial charge is 0.319 e. The van der Waals surface area contributed by atoms with Crippen molar-refractivity contribution in [3.05, 3.63) is 54.6 Å². The van der Waals surface area contributed by atoms with E-state index in [4.69, 9.17) is 14.2 Å². The van der Waals surface area contributed by atoms with Gasteiger partial charge >= 0.3 is 6.03 Å². The number of anilines is 1. The van der Waals surface area contributed by atoms with Crippen LogP contribution < -0.4 is 15.4 Å². The number of carbonyl (C=O) groups excluding carboxylic acids is 1. The Balaban J connectivity index is 1.42. The molecular weight excluding hydrogens is 380 g/mol. The van der Waals surface area contributed by atoms with Gasteiger partial charge in [-0.2, -0.15) is 0 Å². The minimum atomic E-state index is -0.807. The van der Waals surface area contributed by atoms with Gasteiger partial charge in [-0.15, -0.1) is 11.8 Å². The summed E-state index contributed by atoms with van der Waals surface area (Å²) in [6.07, 6.45) is -1.68. The van der Waals surface area contributed by atoms with Crippen LogP contribution in [0.2, 0.25) is 0 Å².